The van der Waals surface area contributed by atoms with Crippen LogP contribution in [0.15, 0.2) is 18.2 Å². The zero-order valence-electron chi connectivity index (χ0n) is 11.9. The number of unbranched alkanes of at least 4 members (excludes halogenated alkanes) is 1. The van der Waals surface area contributed by atoms with Crippen LogP contribution in [0, 0.1) is 6.92 Å². The number of pyridine rings is 1. The minimum atomic E-state index is -0.890. The molecule has 0 bridgehead atoms. The molecule has 3 amide bonds. The summed E-state index contributed by atoms with van der Waals surface area (Å²) in [6, 6.07) is 4.89. The van der Waals surface area contributed by atoms with E-state index >= 15 is 0 Å². The standard InChI is InChI=1S/C14H19N3O4/c1-10-5-4-6-11(16-10)9-15-14(21)17-12(18)7-2-3-8-13(19)20/h4-6H,2-3,7-9H2,1H3,(H,19,20)(H2,15,17,18,21). The van der Waals surface area contributed by atoms with Gasteiger partial charge in [-0.15, -0.1) is 0 Å². The van der Waals surface area contributed by atoms with Gasteiger partial charge in [-0.2, -0.15) is 0 Å². The van der Waals surface area contributed by atoms with Crippen LogP contribution < -0.4 is 10.6 Å². The molecule has 0 aromatic carbocycles. The van der Waals surface area contributed by atoms with Gasteiger partial charge in [0.15, 0.2) is 0 Å². The van der Waals surface area contributed by atoms with Crippen molar-refractivity contribution >= 4 is 17.9 Å². The molecule has 0 spiro atoms. The van der Waals surface area contributed by atoms with Crippen molar-refractivity contribution in [3.8, 4) is 0 Å². The number of rotatable bonds is 7. The average Bonchev–Trinajstić information content (AvgIpc) is 2.41. The number of amides is 3. The van der Waals surface area contributed by atoms with E-state index in [2.05, 4.69) is 15.6 Å². The number of carboxylic acid groups (broad SMARTS) is 1. The van der Waals surface area contributed by atoms with Crippen LogP contribution in [-0.2, 0) is 16.1 Å². The Morgan fingerprint density at radius 3 is 2.57 bits per heavy atom. The maximum atomic E-state index is 11.5. The first kappa shape index (κ1) is 16.6. The minimum Gasteiger partial charge on any atom is -0.481 e. The molecule has 0 saturated heterocycles. The summed E-state index contributed by atoms with van der Waals surface area (Å²) in [5.74, 6) is -1.31. The van der Waals surface area contributed by atoms with Gasteiger partial charge >= 0.3 is 12.0 Å². The van der Waals surface area contributed by atoms with Gasteiger partial charge in [-0.3, -0.25) is 19.9 Å². The molecule has 1 aromatic rings. The van der Waals surface area contributed by atoms with E-state index in [0.717, 1.165) is 5.69 Å². The highest BCUT2D eigenvalue weighted by Gasteiger charge is 2.08. The summed E-state index contributed by atoms with van der Waals surface area (Å²) in [6.45, 7) is 2.09. The molecule has 7 nitrogen and oxygen atoms in total. The largest absolute Gasteiger partial charge is 0.481 e. The predicted octanol–water partition coefficient (Wildman–Crippen LogP) is 1.36. The van der Waals surface area contributed by atoms with Crippen LogP contribution in [0.2, 0.25) is 0 Å². The maximum absolute atomic E-state index is 11.5. The van der Waals surface area contributed by atoms with Crippen molar-refractivity contribution in [2.45, 2.75) is 39.2 Å². The molecule has 0 radical (unpaired) electrons. The molecule has 1 rings (SSSR count). The second-order valence-corrected chi connectivity index (χ2v) is 4.60. The van der Waals surface area contributed by atoms with Crippen LogP contribution in [0.1, 0.15) is 37.1 Å². The van der Waals surface area contributed by atoms with Crippen molar-refractivity contribution in [1.82, 2.24) is 15.6 Å². The number of hydrogen-bond donors (Lipinski definition) is 3. The molecule has 0 fully saturated rings. The highest BCUT2D eigenvalue weighted by molar-refractivity contribution is 5.94. The topological polar surface area (TPSA) is 108 Å². The predicted molar refractivity (Wildman–Crippen MR) is 75.5 cm³/mol. The molecule has 1 aromatic heterocycles. The molecule has 0 unspecified atom stereocenters. The highest BCUT2D eigenvalue weighted by atomic mass is 16.4. The Kier molecular flexibility index (Phi) is 6.86. The summed E-state index contributed by atoms with van der Waals surface area (Å²) in [5, 5.41) is 13.2. The van der Waals surface area contributed by atoms with E-state index in [4.69, 9.17) is 5.11 Å². The summed E-state index contributed by atoms with van der Waals surface area (Å²) in [4.78, 5) is 37.4. The summed E-state index contributed by atoms with van der Waals surface area (Å²) < 4.78 is 0. The van der Waals surface area contributed by atoms with Crippen molar-refractivity contribution in [2.24, 2.45) is 0 Å². The van der Waals surface area contributed by atoms with E-state index in [0.29, 0.717) is 18.5 Å². The number of aryl methyl sites for hydroxylation is 1. The van der Waals surface area contributed by atoms with Gasteiger partial charge in [0.2, 0.25) is 5.91 Å². The van der Waals surface area contributed by atoms with Crippen molar-refractivity contribution in [2.75, 3.05) is 0 Å². The highest BCUT2D eigenvalue weighted by Crippen LogP contribution is 2.00. The first-order valence-corrected chi connectivity index (χ1v) is 6.69. The Hall–Kier alpha value is -2.44. The van der Waals surface area contributed by atoms with Gasteiger partial charge in [-0.1, -0.05) is 6.07 Å². The number of hydrogen-bond acceptors (Lipinski definition) is 4. The molecule has 0 aliphatic heterocycles. The van der Waals surface area contributed by atoms with Crippen LogP contribution in [0.25, 0.3) is 0 Å². The fraction of sp³-hybridized carbons (Fsp3) is 0.429. The van der Waals surface area contributed by atoms with Crippen LogP contribution in [0.3, 0.4) is 0 Å². The van der Waals surface area contributed by atoms with E-state index in [1.165, 1.54) is 0 Å². The lowest BCUT2D eigenvalue weighted by molar-refractivity contribution is -0.137. The molecule has 21 heavy (non-hydrogen) atoms. The number of urea groups is 1. The second kappa shape index (κ2) is 8.68. The number of carbonyl (C=O) groups is 3. The van der Waals surface area contributed by atoms with Gasteiger partial charge in [0.25, 0.3) is 0 Å². The third kappa shape index (κ3) is 7.66. The zero-order valence-corrected chi connectivity index (χ0v) is 11.9. The molecular formula is C14H19N3O4. The van der Waals surface area contributed by atoms with Gasteiger partial charge < -0.3 is 10.4 Å². The summed E-state index contributed by atoms with van der Waals surface area (Å²) in [5.41, 5.74) is 1.56. The maximum Gasteiger partial charge on any atom is 0.321 e. The number of aliphatic carboxylic acids is 1. The lowest BCUT2D eigenvalue weighted by atomic mass is 10.2. The van der Waals surface area contributed by atoms with Crippen LogP contribution in [-0.4, -0.2) is 28.0 Å². The molecule has 7 heteroatoms. The van der Waals surface area contributed by atoms with Crippen LogP contribution >= 0.6 is 0 Å². The van der Waals surface area contributed by atoms with Crippen molar-refractivity contribution < 1.29 is 19.5 Å². The minimum absolute atomic E-state index is 0.0263. The Morgan fingerprint density at radius 1 is 1.19 bits per heavy atom. The van der Waals surface area contributed by atoms with E-state index in [1.807, 2.05) is 19.1 Å². The van der Waals surface area contributed by atoms with Crippen LogP contribution in [0.4, 0.5) is 4.79 Å². The monoisotopic (exact) mass is 293 g/mol. The van der Waals surface area contributed by atoms with E-state index in [9.17, 15) is 14.4 Å². The molecule has 1 heterocycles. The van der Waals surface area contributed by atoms with E-state index in [-0.39, 0.29) is 19.4 Å². The molecule has 0 aliphatic carbocycles. The third-order valence-electron chi connectivity index (χ3n) is 2.67. The molecular weight excluding hydrogens is 274 g/mol. The first-order chi connectivity index (χ1) is 9.97. The fourth-order valence-electron chi connectivity index (χ4n) is 1.66. The average molecular weight is 293 g/mol. The van der Waals surface area contributed by atoms with Gasteiger partial charge in [-0.25, -0.2) is 4.79 Å². The van der Waals surface area contributed by atoms with Crippen LogP contribution in [0.5, 0.6) is 0 Å². The quantitative estimate of drug-likeness (QED) is 0.658. The second-order valence-electron chi connectivity index (χ2n) is 4.60. The van der Waals surface area contributed by atoms with Gasteiger partial charge in [-0.05, 0) is 31.9 Å². The van der Waals surface area contributed by atoms with Gasteiger partial charge in [0, 0.05) is 18.5 Å². The van der Waals surface area contributed by atoms with Gasteiger partial charge in [0.05, 0.1) is 12.2 Å². The lowest BCUT2D eigenvalue weighted by Crippen LogP contribution is -2.39. The normalized spacial score (nSPS) is 9.95. The van der Waals surface area contributed by atoms with Gasteiger partial charge in [0.1, 0.15) is 0 Å². The Labute approximate surface area is 122 Å². The SMILES string of the molecule is Cc1cccc(CNC(=O)NC(=O)CCCCC(=O)O)n1. The molecule has 0 aliphatic rings. The lowest BCUT2D eigenvalue weighted by Gasteiger charge is -2.06. The van der Waals surface area contributed by atoms with E-state index < -0.39 is 17.9 Å². The summed E-state index contributed by atoms with van der Waals surface area (Å²) >= 11 is 0. The molecule has 0 saturated carbocycles. The number of carbonyl (C=O) groups excluding carboxylic acids is 2. The number of aromatic nitrogens is 1. The molecule has 3 N–H and O–H groups in total. The van der Waals surface area contributed by atoms with E-state index in [1.54, 1.807) is 6.07 Å². The Balaban J connectivity index is 2.21. The van der Waals surface area contributed by atoms with Crippen molar-refractivity contribution in [3.05, 3.63) is 29.6 Å². The third-order valence-corrected chi connectivity index (χ3v) is 2.67. The number of carboxylic acids is 1. The number of imide groups is 1. The van der Waals surface area contributed by atoms with Crippen molar-refractivity contribution in [3.63, 3.8) is 0 Å². The number of nitrogens with one attached hydrogen (secondary N) is 2. The summed E-state index contributed by atoms with van der Waals surface area (Å²) in [7, 11) is 0. The van der Waals surface area contributed by atoms with Crippen molar-refractivity contribution in [1.29, 1.82) is 0 Å². The first-order valence-electron chi connectivity index (χ1n) is 6.69. The molecule has 114 valence electrons. The summed E-state index contributed by atoms with van der Waals surface area (Å²) in [6.07, 6.45) is 1.00. The Morgan fingerprint density at radius 2 is 1.90 bits per heavy atom. The fourth-order valence-corrected chi connectivity index (χ4v) is 1.66. The zero-order chi connectivity index (χ0) is 15.7. The Bertz CT molecular complexity index is 517. The number of nitrogens with zero attached hydrogens (tertiary/aromatic N) is 1. The molecule has 0 atom stereocenters. The smallest absolute Gasteiger partial charge is 0.321 e.